The Bertz CT molecular complexity index is 736. The monoisotopic (exact) mass is 470 g/mol. The van der Waals surface area contributed by atoms with E-state index in [1.54, 1.807) is 20.8 Å². The van der Waals surface area contributed by atoms with Gasteiger partial charge in [0.25, 0.3) is 0 Å². The topological polar surface area (TPSA) is 169 Å². The maximum atomic E-state index is 12.0. The van der Waals surface area contributed by atoms with Crippen LogP contribution in [-0.2, 0) is 38.2 Å². The highest BCUT2D eigenvalue weighted by Gasteiger charge is 2.19. The van der Waals surface area contributed by atoms with Gasteiger partial charge in [0.15, 0.2) is 0 Å². The molecular weight excluding hydrogens is 436 g/mol. The van der Waals surface area contributed by atoms with Crippen LogP contribution in [0.15, 0.2) is 12.2 Å². The molecule has 186 valence electrons. The summed E-state index contributed by atoms with van der Waals surface area (Å²) in [5.41, 5.74) is 0.224. The second kappa shape index (κ2) is 16.2. The van der Waals surface area contributed by atoms with Crippen molar-refractivity contribution in [2.45, 2.75) is 46.6 Å². The third-order valence-corrected chi connectivity index (χ3v) is 4.09. The Morgan fingerprint density at radius 3 is 1.76 bits per heavy atom. The maximum Gasteiger partial charge on any atom is 0.333 e. The smallest absolute Gasteiger partial charge is 0.333 e. The predicted octanol–water partition coefficient (Wildman–Crippen LogP) is -1.06. The predicted molar refractivity (Wildman–Crippen MR) is 117 cm³/mol. The zero-order valence-corrected chi connectivity index (χ0v) is 19.6. The van der Waals surface area contributed by atoms with Crippen LogP contribution < -0.4 is 21.3 Å². The van der Waals surface area contributed by atoms with Gasteiger partial charge in [0.2, 0.25) is 0 Å². The molecule has 0 rings (SSSR count). The second-order valence-electron chi connectivity index (χ2n) is 7.37. The van der Waals surface area contributed by atoms with Crippen LogP contribution in [-0.4, -0.2) is 74.5 Å². The summed E-state index contributed by atoms with van der Waals surface area (Å²) in [4.78, 5) is 69.8. The molecule has 0 heterocycles. The standard InChI is InChI=1S/C21H34N4O8/c1-6-15(25-19(29)18(28)24-10-12-33-21(31)14(4)5)7-8-22-16(26)17(27)23-9-11-32-20(30)13(2)3/h13,15H,4,6-12H2,1-3,5H3,(H,22,26)(H,23,27)(H,24,28)(H,25,29). The number of nitrogens with one attached hydrogen (secondary N) is 4. The van der Waals surface area contributed by atoms with Gasteiger partial charge in [-0.2, -0.15) is 0 Å². The van der Waals surface area contributed by atoms with Crippen LogP contribution in [0.4, 0.5) is 0 Å². The fourth-order valence-electron chi connectivity index (χ4n) is 2.14. The molecule has 0 aliphatic heterocycles. The fraction of sp³-hybridized carbons (Fsp3) is 0.619. The Balaban J connectivity index is 4.15. The van der Waals surface area contributed by atoms with Gasteiger partial charge in [-0.1, -0.05) is 27.4 Å². The lowest BCUT2D eigenvalue weighted by atomic mass is 10.1. The average molecular weight is 471 g/mol. The Morgan fingerprint density at radius 1 is 0.788 bits per heavy atom. The minimum absolute atomic E-state index is 0.000135. The number of hydrogen-bond acceptors (Lipinski definition) is 8. The SMILES string of the molecule is C=C(C)C(=O)OCCNC(=O)C(=O)NC(CC)CCNC(=O)C(=O)NCCOC(=O)C(C)C. The lowest BCUT2D eigenvalue weighted by molar-refractivity contribution is -0.147. The molecule has 1 atom stereocenters. The van der Waals surface area contributed by atoms with Crippen molar-refractivity contribution in [2.75, 3.05) is 32.8 Å². The van der Waals surface area contributed by atoms with E-state index in [0.717, 1.165) is 0 Å². The van der Waals surface area contributed by atoms with Crippen LogP contribution in [0, 0.1) is 5.92 Å². The number of rotatable bonds is 13. The van der Waals surface area contributed by atoms with E-state index in [1.807, 2.05) is 0 Å². The lowest BCUT2D eigenvalue weighted by Gasteiger charge is -2.17. The van der Waals surface area contributed by atoms with Crippen molar-refractivity contribution in [1.29, 1.82) is 0 Å². The molecule has 0 aliphatic carbocycles. The molecule has 1 unspecified atom stereocenters. The highest BCUT2D eigenvalue weighted by atomic mass is 16.5. The molecule has 0 saturated heterocycles. The molecule has 33 heavy (non-hydrogen) atoms. The number of hydrogen-bond donors (Lipinski definition) is 4. The van der Waals surface area contributed by atoms with Gasteiger partial charge >= 0.3 is 35.6 Å². The number of carbonyl (C=O) groups excluding carboxylic acids is 6. The van der Waals surface area contributed by atoms with Crippen LogP contribution >= 0.6 is 0 Å². The van der Waals surface area contributed by atoms with Gasteiger partial charge < -0.3 is 30.7 Å². The third-order valence-electron chi connectivity index (χ3n) is 4.09. The van der Waals surface area contributed by atoms with Crippen molar-refractivity contribution in [3.8, 4) is 0 Å². The lowest BCUT2D eigenvalue weighted by Crippen LogP contribution is -2.47. The third kappa shape index (κ3) is 13.6. The summed E-state index contributed by atoms with van der Waals surface area (Å²) in [6, 6.07) is -0.414. The van der Waals surface area contributed by atoms with Crippen molar-refractivity contribution in [1.82, 2.24) is 21.3 Å². The van der Waals surface area contributed by atoms with Crippen LogP contribution in [0.2, 0.25) is 0 Å². The van der Waals surface area contributed by atoms with Crippen LogP contribution in [0.3, 0.4) is 0 Å². The van der Waals surface area contributed by atoms with E-state index in [1.165, 1.54) is 6.92 Å². The quantitative estimate of drug-likeness (QED) is 0.114. The van der Waals surface area contributed by atoms with Crippen molar-refractivity contribution < 1.29 is 38.2 Å². The van der Waals surface area contributed by atoms with E-state index in [4.69, 9.17) is 9.47 Å². The molecule has 12 nitrogen and oxygen atoms in total. The Morgan fingerprint density at radius 2 is 1.27 bits per heavy atom. The van der Waals surface area contributed by atoms with Crippen LogP contribution in [0.25, 0.3) is 0 Å². The Labute approximate surface area is 193 Å². The zero-order chi connectivity index (χ0) is 25.4. The number of esters is 2. The van der Waals surface area contributed by atoms with Crippen molar-refractivity contribution in [3.63, 3.8) is 0 Å². The first-order valence-corrected chi connectivity index (χ1v) is 10.6. The zero-order valence-electron chi connectivity index (χ0n) is 19.6. The van der Waals surface area contributed by atoms with E-state index >= 15 is 0 Å². The Kier molecular flexibility index (Phi) is 14.5. The molecule has 4 amide bonds. The summed E-state index contributed by atoms with van der Waals surface area (Å²) in [5, 5.41) is 9.59. The molecule has 12 heteroatoms. The summed E-state index contributed by atoms with van der Waals surface area (Å²) >= 11 is 0. The van der Waals surface area contributed by atoms with Crippen molar-refractivity contribution in [3.05, 3.63) is 12.2 Å². The molecule has 0 spiro atoms. The van der Waals surface area contributed by atoms with Crippen molar-refractivity contribution in [2.24, 2.45) is 5.92 Å². The molecule has 4 N–H and O–H groups in total. The molecule has 0 bridgehead atoms. The van der Waals surface area contributed by atoms with Gasteiger partial charge in [-0.3, -0.25) is 24.0 Å². The largest absolute Gasteiger partial charge is 0.464 e. The summed E-state index contributed by atoms with van der Waals surface area (Å²) in [6.07, 6.45) is 0.773. The van der Waals surface area contributed by atoms with E-state index in [9.17, 15) is 28.8 Å². The first-order valence-electron chi connectivity index (χ1n) is 10.6. The van der Waals surface area contributed by atoms with Gasteiger partial charge in [0, 0.05) is 18.2 Å². The van der Waals surface area contributed by atoms with Gasteiger partial charge in [-0.05, 0) is 19.8 Å². The van der Waals surface area contributed by atoms with E-state index < -0.39 is 41.6 Å². The minimum atomic E-state index is -0.888. The van der Waals surface area contributed by atoms with Gasteiger partial charge in [0.05, 0.1) is 19.0 Å². The first kappa shape index (κ1) is 29.6. The Hall–Kier alpha value is -3.44. The molecule has 0 aromatic rings. The maximum absolute atomic E-state index is 12.0. The minimum Gasteiger partial charge on any atom is -0.464 e. The molecule has 0 aliphatic rings. The summed E-state index contributed by atoms with van der Waals surface area (Å²) < 4.78 is 9.69. The highest BCUT2D eigenvalue weighted by molar-refractivity contribution is 6.35. The summed E-state index contributed by atoms with van der Waals surface area (Å²) in [7, 11) is 0. The van der Waals surface area contributed by atoms with Crippen LogP contribution in [0.5, 0.6) is 0 Å². The number of ether oxygens (including phenoxy) is 2. The van der Waals surface area contributed by atoms with Gasteiger partial charge in [0.1, 0.15) is 13.2 Å². The summed E-state index contributed by atoms with van der Waals surface area (Å²) in [5.74, 6) is -4.78. The van der Waals surface area contributed by atoms with E-state index in [-0.39, 0.29) is 50.8 Å². The second-order valence-corrected chi connectivity index (χ2v) is 7.37. The molecule has 0 aromatic carbocycles. The van der Waals surface area contributed by atoms with Crippen LogP contribution in [0.1, 0.15) is 40.5 Å². The van der Waals surface area contributed by atoms with Gasteiger partial charge in [-0.15, -0.1) is 0 Å². The average Bonchev–Trinajstić information content (AvgIpc) is 2.77. The van der Waals surface area contributed by atoms with Gasteiger partial charge in [-0.25, -0.2) is 4.79 Å². The normalized spacial score (nSPS) is 11.1. The van der Waals surface area contributed by atoms with Crippen molar-refractivity contribution >= 4 is 35.6 Å². The molecular formula is C21H34N4O8. The molecule has 0 radical (unpaired) electrons. The summed E-state index contributed by atoms with van der Waals surface area (Å²) in [6.45, 7) is 9.96. The fourth-order valence-corrected chi connectivity index (χ4v) is 2.14. The molecule has 0 aromatic heterocycles. The molecule has 0 saturated carbocycles. The van der Waals surface area contributed by atoms with E-state index in [0.29, 0.717) is 6.42 Å². The number of carbonyl (C=O) groups is 6. The number of amides is 4. The highest BCUT2D eigenvalue weighted by Crippen LogP contribution is 1.97. The molecule has 0 fully saturated rings. The van der Waals surface area contributed by atoms with E-state index in [2.05, 4.69) is 27.8 Å². The first-order chi connectivity index (χ1) is 15.5.